The molecule has 1 heterocycles. The minimum Gasteiger partial charge on any atom is -0.392 e. The second kappa shape index (κ2) is 6.05. The van der Waals surface area contributed by atoms with Crippen LogP contribution >= 0.6 is 0 Å². The Hall–Kier alpha value is -0.940. The van der Waals surface area contributed by atoms with Crippen LogP contribution in [0.4, 0.5) is 0 Å². The number of aliphatic hydroxyl groups excluding tert-OH is 1. The van der Waals surface area contributed by atoms with E-state index < -0.39 is 5.60 Å². The van der Waals surface area contributed by atoms with Crippen LogP contribution in [0.5, 0.6) is 0 Å². The van der Waals surface area contributed by atoms with E-state index in [1.807, 2.05) is 6.92 Å². The Balaban J connectivity index is 1.74. The van der Waals surface area contributed by atoms with Crippen molar-refractivity contribution in [3.8, 4) is 0 Å². The fourth-order valence-electron chi connectivity index (χ4n) is 3.53. The summed E-state index contributed by atoms with van der Waals surface area (Å²) >= 11 is 0. The fraction of sp³-hybridized carbons (Fsp3) is 0.875. The van der Waals surface area contributed by atoms with Gasteiger partial charge in [-0.25, -0.2) is 0 Å². The van der Waals surface area contributed by atoms with Gasteiger partial charge in [-0.3, -0.25) is 0 Å². The first kappa shape index (κ1) is 15.0. The van der Waals surface area contributed by atoms with Crippen molar-refractivity contribution in [1.29, 1.82) is 0 Å². The van der Waals surface area contributed by atoms with E-state index in [2.05, 4.69) is 17.1 Å². The van der Waals surface area contributed by atoms with E-state index in [0.29, 0.717) is 36.6 Å². The van der Waals surface area contributed by atoms with Crippen LogP contribution in [0.25, 0.3) is 0 Å². The number of aliphatic hydroxyl groups is 1. The molecule has 0 bridgehead atoms. The normalized spacial score (nSPS) is 31.3. The molecule has 1 aromatic rings. The van der Waals surface area contributed by atoms with Crippen molar-refractivity contribution < 1.29 is 14.4 Å². The van der Waals surface area contributed by atoms with Crippen LogP contribution in [-0.4, -0.2) is 28.0 Å². The summed E-state index contributed by atoms with van der Waals surface area (Å²) in [5.41, 5.74) is -0.390. The van der Waals surface area contributed by atoms with Crippen LogP contribution in [0.2, 0.25) is 0 Å². The quantitative estimate of drug-likeness (QED) is 0.873. The first-order chi connectivity index (χ1) is 10.1. The van der Waals surface area contributed by atoms with Crippen molar-refractivity contribution in [3.63, 3.8) is 0 Å². The largest absolute Gasteiger partial charge is 0.392 e. The highest BCUT2D eigenvalue weighted by atomic mass is 16.5. The summed E-state index contributed by atoms with van der Waals surface area (Å²) in [6.45, 7) is 4.92. The van der Waals surface area contributed by atoms with Gasteiger partial charge in [-0.05, 0) is 50.9 Å². The lowest BCUT2D eigenvalue weighted by atomic mass is 9.78. The van der Waals surface area contributed by atoms with Crippen molar-refractivity contribution in [1.82, 2.24) is 10.1 Å². The van der Waals surface area contributed by atoms with E-state index in [1.165, 1.54) is 6.42 Å². The zero-order valence-corrected chi connectivity index (χ0v) is 13.0. The van der Waals surface area contributed by atoms with Gasteiger partial charge in [-0.2, -0.15) is 4.98 Å². The van der Waals surface area contributed by atoms with Crippen LogP contribution in [0.3, 0.4) is 0 Å². The topological polar surface area (TPSA) is 68.4 Å². The highest BCUT2D eigenvalue weighted by molar-refractivity contribution is 5.05. The zero-order valence-electron chi connectivity index (χ0n) is 13.0. The number of rotatable bonds is 6. The van der Waals surface area contributed by atoms with Gasteiger partial charge in [0.25, 0.3) is 0 Å². The lowest BCUT2D eigenvalue weighted by Crippen LogP contribution is -2.36. The Morgan fingerprint density at radius 2 is 2.24 bits per heavy atom. The first-order valence-electron chi connectivity index (χ1n) is 8.28. The molecule has 5 nitrogen and oxygen atoms in total. The van der Waals surface area contributed by atoms with Gasteiger partial charge >= 0.3 is 0 Å². The standard InChI is InChI=1S/C16H26N2O3/c1-3-20-16(8-4-5-11(2)10-16)15-17-14(21-18-15)9-13(19)12-6-7-12/h11-13,19H,3-10H2,1-2H3. The average molecular weight is 294 g/mol. The molecule has 3 atom stereocenters. The van der Waals surface area contributed by atoms with Gasteiger partial charge in [0.05, 0.1) is 12.5 Å². The summed E-state index contributed by atoms with van der Waals surface area (Å²) in [6.07, 6.45) is 6.63. The summed E-state index contributed by atoms with van der Waals surface area (Å²) in [5.74, 6) is 2.26. The molecule has 0 saturated heterocycles. The number of hydrogen-bond acceptors (Lipinski definition) is 5. The second-order valence-corrected chi connectivity index (χ2v) is 6.75. The Kier molecular flexibility index (Phi) is 4.31. The number of hydrogen-bond donors (Lipinski definition) is 1. The molecule has 0 radical (unpaired) electrons. The third-order valence-corrected chi connectivity index (χ3v) is 4.80. The minimum absolute atomic E-state index is 0.341. The highest BCUT2D eigenvalue weighted by Crippen LogP contribution is 2.42. The summed E-state index contributed by atoms with van der Waals surface area (Å²) in [7, 11) is 0. The molecule has 2 aliphatic carbocycles. The molecule has 5 heteroatoms. The van der Waals surface area contributed by atoms with Gasteiger partial charge < -0.3 is 14.4 Å². The predicted octanol–water partition coefficient (Wildman–Crippen LogP) is 2.82. The zero-order chi connectivity index (χ0) is 14.9. The molecule has 0 aliphatic heterocycles. The monoisotopic (exact) mass is 294 g/mol. The van der Waals surface area contributed by atoms with Crippen LogP contribution in [-0.2, 0) is 16.8 Å². The smallest absolute Gasteiger partial charge is 0.229 e. The van der Waals surface area contributed by atoms with Crippen molar-refractivity contribution >= 4 is 0 Å². The van der Waals surface area contributed by atoms with Gasteiger partial charge in [0.1, 0.15) is 5.60 Å². The van der Waals surface area contributed by atoms with Crippen molar-refractivity contribution in [3.05, 3.63) is 11.7 Å². The van der Waals surface area contributed by atoms with Crippen LogP contribution in [0.1, 0.15) is 64.1 Å². The lowest BCUT2D eigenvalue weighted by molar-refractivity contribution is -0.0891. The molecule has 118 valence electrons. The van der Waals surface area contributed by atoms with Crippen molar-refractivity contribution in [2.45, 2.75) is 70.5 Å². The van der Waals surface area contributed by atoms with Crippen LogP contribution < -0.4 is 0 Å². The Labute approximate surface area is 126 Å². The lowest BCUT2D eigenvalue weighted by Gasteiger charge is -2.37. The van der Waals surface area contributed by atoms with E-state index in [-0.39, 0.29) is 6.10 Å². The maximum Gasteiger partial charge on any atom is 0.229 e. The third-order valence-electron chi connectivity index (χ3n) is 4.80. The van der Waals surface area contributed by atoms with E-state index in [9.17, 15) is 5.11 Å². The summed E-state index contributed by atoms with van der Waals surface area (Å²) < 4.78 is 11.4. The van der Waals surface area contributed by atoms with Gasteiger partial charge in [0.15, 0.2) is 0 Å². The molecule has 3 unspecified atom stereocenters. The fourth-order valence-corrected chi connectivity index (χ4v) is 3.53. The predicted molar refractivity (Wildman–Crippen MR) is 77.7 cm³/mol. The molecule has 1 aromatic heterocycles. The molecule has 2 fully saturated rings. The summed E-state index contributed by atoms with van der Waals surface area (Å²) in [5, 5.41) is 14.2. The van der Waals surface area contributed by atoms with E-state index in [4.69, 9.17) is 9.26 Å². The Morgan fingerprint density at radius 1 is 1.43 bits per heavy atom. The molecule has 0 spiro atoms. The first-order valence-corrected chi connectivity index (χ1v) is 8.28. The molecule has 21 heavy (non-hydrogen) atoms. The molecule has 2 aliphatic rings. The van der Waals surface area contributed by atoms with Crippen molar-refractivity contribution in [2.24, 2.45) is 11.8 Å². The summed E-state index contributed by atoms with van der Waals surface area (Å²) in [6, 6.07) is 0. The SMILES string of the molecule is CCOC1(c2noc(CC(O)C3CC3)n2)CCCC(C)C1. The maximum absolute atomic E-state index is 10.0. The van der Waals surface area contributed by atoms with Gasteiger partial charge in [-0.15, -0.1) is 0 Å². The molecular weight excluding hydrogens is 268 g/mol. The third kappa shape index (κ3) is 3.29. The van der Waals surface area contributed by atoms with Crippen molar-refractivity contribution in [2.75, 3.05) is 6.61 Å². The van der Waals surface area contributed by atoms with Gasteiger partial charge in [0.2, 0.25) is 11.7 Å². The molecule has 0 aromatic carbocycles. The number of aromatic nitrogens is 2. The Morgan fingerprint density at radius 3 is 2.90 bits per heavy atom. The molecule has 0 amide bonds. The molecule has 2 saturated carbocycles. The second-order valence-electron chi connectivity index (χ2n) is 6.75. The Bertz CT molecular complexity index is 468. The number of ether oxygens (including phenoxy) is 1. The molecular formula is C16H26N2O3. The van der Waals surface area contributed by atoms with Crippen LogP contribution in [0.15, 0.2) is 4.52 Å². The van der Waals surface area contributed by atoms with Gasteiger partial charge in [-0.1, -0.05) is 18.5 Å². The molecule has 1 N–H and O–H groups in total. The average Bonchev–Trinajstić information content (AvgIpc) is 3.19. The number of nitrogens with zero attached hydrogens (tertiary/aromatic N) is 2. The highest BCUT2D eigenvalue weighted by Gasteiger charge is 2.42. The summed E-state index contributed by atoms with van der Waals surface area (Å²) in [4.78, 5) is 4.55. The minimum atomic E-state index is -0.390. The van der Waals surface area contributed by atoms with E-state index >= 15 is 0 Å². The van der Waals surface area contributed by atoms with Gasteiger partial charge in [0, 0.05) is 6.61 Å². The molecule has 3 rings (SSSR count). The van der Waals surface area contributed by atoms with E-state index in [0.717, 1.165) is 32.1 Å². The maximum atomic E-state index is 10.0. The van der Waals surface area contributed by atoms with Crippen LogP contribution in [0, 0.1) is 11.8 Å². The van der Waals surface area contributed by atoms with E-state index in [1.54, 1.807) is 0 Å².